The van der Waals surface area contributed by atoms with Crippen LogP contribution in [0.15, 0.2) is 18.3 Å². The first kappa shape index (κ1) is 12.1. The summed E-state index contributed by atoms with van der Waals surface area (Å²) in [6.07, 6.45) is 4.17. The lowest BCUT2D eigenvalue weighted by molar-refractivity contribution is 0.478. The molecule has 1 fully saturated rings. The van der Waals surface area contributed by atoms with Gasteiger partial charge in [0, 0.05) is 18.8 Å². The lowest BCUT2D eigenvalue weighted by atomic mass is 10.1. The third-order valence-corrected chi connectivity index (χ3v) is 2.90. The van der Waals surface area contributed by atoms with Crippen molar-refractivity contribution < 1.29 is 0 Å². The highest BCUT2D eigenvalue weighted by Crippen LogP contribution is 2.13. The first-order chi connectivity index (χ1) is 7.92. The Morgan fingerprint density at radius 2 is 2.35 bits per heavy atom. The quantitative estimate of drug-likeness (QED) is 0.760. The normalized spacial score (nSPS) is 19.9. The zero-order valence-corrected chi connectivity index (χ0v) is 10.3. The van der Waals surface area contributed by atoms with E-state index in [9.17, 15) is 0 Å². The largest absolute Gasteiger partial charge is 0.352 e. The van der Waals surface area contributed by atoms with Crippen LogP contribution in [-0.2, 0) is 0 Å². The van der Waals surface area contributed by atoms with Crippen LogP contribution < -0.4 is 10.6 Å². The summed E-state index contributed by atoms with van der Waals surface area (Å²) in [5.41, 5.74) is 1.75. The first-order valence-electron chi connectivity index (χ1n) is 5.70. The molecule has 0 unspecified atom stereocenters. The Hall–Kier alpha value is -1.33. The van der Waals surface area contributed by atoms with Crippen LogP contribution in [0.1, 0.15) is 12.8 Å². The number of rotatable bonds is 2. The van der Waals surface area contributed by atoms with Crippen LogP contribution in [0, 0.1) is 0 Å². The summed E-state index contributed by atoms with van der Waals surface area (Å²) in [5, 5.41) is 6.77. The van der Waals surface area contributed by atoms with E-state index in [0.717, 1.165) is 30.2 Å². The Morgan fingerprint density at radius 3 is 3.12 bits per heavy atom. The molecule has 17 heavy (non-hydrogen) atoms. The van der Waals surface area contributed by atoms with Crippen molar-refractivity contribution >= 4 is 29.5 Å². The van der Waals surface area contributed by atoms with Crippen molar-refractivity contribution in [2.45, 2.75) is 18.9 Å². The fraction of sp³-hybridized carbons (Fsp3) is 0.455. The van der Waals surface area contributed by atoms with Crippen LogP contribution in [0.25, 0.3) is 11.2 Å². The van der Waals surface area contributed by atoms with Gasteiger partial charge in [0.2, 0.25) is 5.95 Å². The lowest BCUT2D eigenvalue weighted by Crippen LogP contribution is -2.38. The number of aromatic nitrogens is 3. The number of fused-ring (bicyclic) bond motifs is 1. The molecule has 0 bridgehead atoms. The minimum atomic E-state index is 0. The summed E-state index contributed by atoms with van der Waals surface area (Å²) in [6, 6.07) is 4.36. The molecule has 92 valence electrons. The number of halogens is 1. The van der Waals surface area contributed by atoms with Gasteiger partial charge in [0.25, 0.3) is 0 Å². The summed E-state index contributed by atoms with van der Waals surface area (Å²) in [4.78, 5) is 11.8. The molecule has 3 heterocycles. The maximum Gasteiger partial charge on any atom is 0.202 e. The maximum absolute atomic E-state index is 4.40. The van der Waals surface area contributed by atoms with Crippen LogP contribution in [0.3, 0.4) is 0 Å². The van der Waals surface area contributed by atoms with Crippen LogP contribution in [-0.4, -0.2) is 34.1 Å². The molecule has 2 aromatic rings. The topological polar surface area (TPSA) is 65.6 Å². The van der Waals surface area contributed by atoms with E-state index in [1.54, 1.807) is 6.20 Å². The highest BCUT2D eigenvalue weighted by Gasteiger charge is 2.14. The summed E-state index contributed by atoms with van der Waals surface area (Å²) in [6.45, 7) is 2.13. The van der Waals surface area contributed by atoms with E-state index in [-0.39, 0.29) is 12.4 Å². The Bertz CT molecular complexity index is 444. The van der Waals surface area contributed by atoms with Crippen LogP contribution >= 0.6 is 12.4 Å². The van der Waals surface area contributed by atoms with Gasteiger partial charge in [-0.1, -0.05) is 0 Å². The van der Waals surface area contributed by atoms with Gasteiger partial charge in [0.1, 0.15) is 0 Å². The maximum atomic E-state index is 4.40. The predicted molar refractivity (Wildman–Crippen MR) is 70.7 cm³/mol. The van der Waals surface area contributed by atoms with Crippen LogP contribution in [0.2, 0.25) is 0 Å². The second-order valence-corrected chi connectivity index (χ2v) is 4.15. The number of hydrogen-bond donors (Lipinski definition) is 3. The molecule has 0 aromatic carbocycles. The van der Waals surface area contributed by atoms with Gasteiger partial charge in [-0.15, -0.1) is 12.4 Å². The Balaban J connectivity index is 0.00000108. The second-order valence-electron chi connectivity index (χ2n) is 4.15. The van der Waals surface area contributed by atoms with Gasteiger partial charge in [-0.2, -0.15) is 4.98 Å². The number of H-pyrrole nitrogens is 1. The number of imidazole rings is 1. The highest BCUT2D eigenvalue weighted by atomic mass is 35.5. The van der Waals surface area contributed by atoms with E-state index in [0.29, 0.717) is 6.04 Å². The van der Waals surface area contributed by atoms with Crippen molar-refractivity contribution in [1.82, 2.24) is 20.3 Å². The zero-order chi connectivity index (χ0) is 10.8. The van der Waals surface area contributed by atoms with Crippen LogP contribution in [0.5, 0.6) is 0 Å². The summed E-state index contributed by atoms with van der Waals surface area (Å²) >= 11 is 0. The average molecular weight is 254 g/mol. The molecular weight excluding hydrogens is 238 g/mol. The van der Waals surface area contributed by atoms with E-state index < -0.39 is 0 Å². The molecule has 1 atom stereocenters. The molecule has 3 N–H and O–H groups in total. The van der Waals surface area contributed by atoms with Gasteiger partial charge in [-0.25, -0.2) is 4.98 Å². The van der Waals surface area contributed by atoms with Gasteiger partial charge < -0.3 is 15.6 Å². The number of hydrogen-bond acceptors (Lipinski definition) is 4. The standard InChI is InChI=1S/C11H15N5.ClH/c1-3-8(7-12-5-1)14-11-15-9-4-2-6-13-10(9)16-11;/h2,4,6,8,12H,1,3,5,7H2,(H2,13,14,15,16);1H/t8-;/m0./s1. The van der Waals surface area contributed by atoms with Crippen molar-refractivity contribution in [1.29, 1.82) is 0 Å². The van der Waals surface area contributed by atoms with E-state index in [1.165, 1.54) is 12.8 Å². The van der Waals surface area contributed by atoms with Crippen LogP contribution in [0.4, 0.5) is 5.95 Å². The molecule has 1 aliphatic rings. The van der Waals surface area contributed by atoms with E-state index in [1.807, 2.05) is 12.1 Å². The second kappa shape index (κ2) is 5.33. The summed E-state index contributed by atoms with van der Waals surface area (Å²) in [7, 11) is 0. The summed E-state index contributed by atoms with van der Waals surface area (Å²) in [5.74, 6) is 0.822. The van der Waals surface area contributed by atoms with E-state index in [4.69, 9.17) is 0 Å². The van der Waals surface area contributed by atoms with Crippen molar-refractivity contribution in [2.24, 2.45) is 0 Å². The van der Waals surface area contributed by atoms with Crippen molar-refractivity contribution in [3.63, 3.8) is 0 Å². The molecule has 0 radical (unpaired) electrons. The average Bonchev–Trinajstić information content (AvgIpc) is 2.72. The molecule has 0 spiro atoms. The molecular formula is C11H16ClN5. The van der Waals surface area contributed by atoms with Gasteiger partial charge >= 0.3 is 0 Å². The Morgan fingerprint density at radius 1 is 1.41 bits per heavy atom. The smallest absolute Gasteiger partial charge is 0.202 e. The van der Waals surface area contributed by atoms with Crippen molar-refractivity contribution in [3.05, 3.63) is 18.3 Å². The molecule has 0 aliphatic carbocycles. The molecule has 1 aliphatic heterocycles. The van der Waals surface area contributed by atoms with Gasteiger partial charge in [-0.3, -0.25) is 0 Å². The predicted octanol–water partition coefficient (Wildman–Crippen LogP) is 1.54. The number of nitrogens with one attached hydrogen (secondary N) is 3. The van der Waals surface area contributed by atoms with Crippen molar-refractivity contribution in [2.75, 3.05) is 18.4 Å². The minimum absolute atomic E-state index is 0. The third-order valence-electron chi connectivity index (χ3n) is 2.90. The molecule has 0 saturated carbocycles. The highest BCUT2D eigenvalue weighted by molar-refractivity contribution is 5.85. The minimum Gasteiger partial charge on any atom is -0.352 e. The molecule has 1 saturated heterocycles. The van der Waals surface area contributed by atoms with E-state index >= 15 is 0 Å². The van der Waals surface area contributed by atoms with Gasteiger partial charge in [0.05, 0.1) is 5.52 Å². The number of nitrogens with zero attached hydrogens (tertiary/aromatic N) is 2. The first-order valence-corrected chi connectivity index (χ1v) is 5.70. The molecule has 5 nitrogen and oxygen atoms in total. The van der Waals surface area contributed by atoms with Gasteiger partial charge in [-0.05, 0) is 31.5 Å². The van der Waals surface area contributed by atoms with Crippen molar-refractivity contribution in [3.8, 4) is 0 Å². The lowest BCUT2D eigenvalue weighted by Gasteiger charge is -2.23. The molecule has 3 rings (SSSR count). The monoisotopic (exact) mass is 253 g/mol. The number of anilines is 1. The fourth-order valence-corrected chi connectivity index (χ4v) is 2.08. The number of piperidine rings is 1. The Kier molecular flexibility index (Phi) is 3.81. The van der Waals surface area contributed by atoms with Gasteiger partial charge in [0.15, 0.2) is 5.65 Å². The van der Waals surface area contributed by atoms with E-state index in [2.05, 4.69) is 25.6 Å². The number of pyridine rings is 1. The third kappa shape index (κ3) is 2.68. The Labute approximate surface area is 106 Å². The summed E-state index contributed by atoms with van der Waals surface area (Å²) < 4.78 is 0. The SMILES string of the molecule is Cl.c1cnc2nc(N[C@H]3CCCNC3)[nH]c2c1. The fourth-order valence-electron chi connectivity index (χ4n) is 2.08. The number of aromatic amines is 1. The molecule has 0 amide bonds. The molecule has 2 aromatic heterocycles. The molecule has 6 heteroatoms. The zero-order valence-electron chi connectivity index (χ0n) is 9.44.